The van der Waals surface area contributed by atoms with Gasteiger partial charge in [-0.05, 0) is 61.8 Å². The van der Waals surface area contributed by atoms with Crippen molar-refractivity contribution in [3.05, 3.63) is 35.0 Å². The summed E-state index contributed by atoms with van der Waals surface area (Å²) in [6.45, 7) is 2.28. The van der Waals surface area contributed by atoms with Gasteiger partial charge in [0.2, 0.25) is 0 Å². The van der Waals surface area contributed by atoms with E-state index in [0.717, 1.165) is 34.2 Å². The number of fused-ring (bicyclic) bond motifs is 3. The number of benzene rings is 1. The van der Waals surface area contributed by atoms with E-state index >= 15 is 0 Å². The van der Waals surface area contributed by atoms with Crippen molar-refractivity contribution in [2.75, 3.05) is 12.9 Å². The van der Waals surface area contributed by atoms with Gasteiger partial charge in [0.1, 0.15) is 0 Å². The van der Waals surface area contributed by atoms with E-state index in [9.17, 15) is 4.79 Å². The molecule has 1 aromatic carbocycles. The molecule has 3 atom stereocenters. The third kappa shape index (κ3) is 2.79. The minimum Gasteiger partial charge on any atom is -0.462 e. The molecule has 4 heteroatoms. The third-order valence-electron chi connectivity index (χ3n) is 6.27. The van der Waals surface area contributed by atoms with Crippen molar-refractivity contribution in [1.82, 2.24) is 4.57 Å². The van der Waals surface area contributed by atoms with Crippen LogP contribution >= 0.6 is 11.8 Å². The summed E-state index contributed by atoms with van der Waals surface area (Å²) >= 11 is 1.74. The first kappa shape index (κ1) is 17.0. The fourth-order valence-electron chi connectivity index (χ4n) is 5.13. The van der Waals surface area contributed by atoms with Gasteiger partial charge in [-0.15, -0.1) is 0 Å². The van der Waals surface area contributed by atoms with Gasteiger partial charge in [-0.25, -0.2) is 4.79 Å². The highest BCUT2D eigenvalue weighted by atomic mass is 32.2. The van der Waals surface area contributed by atoms with E-state index in [2.05, 4.69) is 36.1 Å². The van der Waals surface area contributed by atoms with Gasteiger partial charge < -0.3 is 9.30 Å². The molecule has 0 amide bonds. The van der Waals surface area contributed by atoms with Gasteiger partial charge in [0.15, 0.2) is 0 Å². The Labute approximate surface area is 154 Å². The lowest BCUT2D eigenvalue weighted by molar-refractivity contribution is 0.0527. The molecule has 2 saturated carbocycles. The summed E-state index contributed by atoms with van der Waals surface area (Å²) in [5.41, 5.74) is 4.47. The number of carbonyl (C=O) groups excluding carboxylic acids is 1. The number of hydrogen-bond acceptors (Lipinski definition) is 3. The lowest BCUT2D eigenvalue weighted by atomic mass is 9.83. The number of carbonyl (C=O) groups is 1. The average Bonchev–Trinajstić information content (AvgIpc) is 3.30. The summed E-state index contributed by atoms with van der Waals surface area (Å²) in [6.07, 6.45) is 7.67. The Hall–Kier alpha value is -1.42. The van der Waals surface area contributed by atoms with Crippen LogP contribution in [-0.4, -0.2) is 23.4 Å². The van der Waals surface area contributed by atoms with Crippen LogP contribution in [0.15, 0.2) is 18.2 Å². The fourth-order valence-corrected chi connectivity index (χ4v) is 5.74. The van der Waals surface area contributed by atoms with Crippen molar-refractivity contribution in [3.8, 4) is 0 Å². The van der Waals surface area contributed by atoms with Gasteiger partial charge in [0.25, 0.3) is 0 Å². The van der Waals surface area contributed by atoms with E-state index < -0.39 is 0 Å². The maximum Gasteiger partial charge on any atom is 0.340 e. The molecule has 0 N–H and O–H groups in total. The number of rotatable bonds is 5. The van der Waals surface area contributed by atoms with Crippen molar-refractivity contribution in [3.63, 3.8) is 0 Å². The zero-order valence-electron chi connectivity index (χ0n) is 15.4. The molecule has 4 rings (SSSR count). The zero-order chi connectivity index (χ0) is 17.6. The van der Waals surface area contributed by atoms with Gasteiger partial charge >= 0.3 is 5.97 Å². The predicted molar refractivity (Wildman–Crippen MR) is 104 cm³/mol. The molecule has 1 heterocycles. The number of nitrogens with zero attached hydrogens (tertiary/aromatic N) is 1. The van der Waals surface area contributed by atoms with Gasteiger partial charge in [0, 0.05) is 29.4 Å². The first-order valence-electron chi connectivity index (χ1n) is 9.41. The molecule has 134 valence electrons. The summed E-state index contributed by atoms with van der Waals surface area (Å²) in [6, 6.07) is 6.76. The first-order valence-corrected chi connectivity index (χ1v) is 10.8. The molecule has 0 radical (unpaired) electrons. The summed E-state index contributed by atoms with van der Waals surface area (Å²) in [5.74, 6) is 3.17. The molecule has 2 bridgehead atoms. The lowest BCUT2D eigenvalue weighted by Crippen LogP contribution is -2.08. The Morgan fingerprint density at radius 1 is 1.32 bits per heavy atom. The minimum absolute atomic E-state index is 0.190. The van der Waals surface area contributed by atoms with Gasteiger partial charge in [-0.2, -0.15) is 11.8 Å². The standard InChI is InChI=1S/C21H27NO2S/c1-4-24-21(23)20-16-8-7-15(17-10-13-5-6-14(17)9-13)11-18(16)22(2)19(20)12-25-3/h7-8,11,13-14,17H,4-6,9-10,12H2,1-3H3. The molecule has 0 aliphatic heterocycles. The highest BCUT2D eigenvalue weighted by molar-refractivity contribution is 7.97. The Balaban J connectivity index is 1.79. The number of thioether (sulfide) groups is 1. The van der Waals surface area contributed by atoms with Crippen molar-refractivity contribution in [2.45, 2.75) is 44.3 Å². The van der Waals surface area contributed by atoms with E-state index in [1.54, 1.807) is 11.8 Å². The highest BCUT2D eigenvalue weighted by Crippen LogP contribution is 2.53. The molecular weight excluding hydrogens is 330 g/mol. The molecule has 1 aromatic heterocycles. The Bertz CT molecular complexity index is 810. The Kier molecular flexibility index (Phi) is 4.57. The maximum atomic E-state index is 12.6. The highest BCUT2D eigenvalue weighted by Gasteiger charge is 2.40. The van der Waals surface area contributed by atoms with Crippen molar-refractivity contribution in [1.29, 1.82) is 0 Å². The minimum atomic E-state index is -0.190. The van der Waals surface area contributed by atoms with E-state index in [0.29, 0.717) is 12.5 Å². The quantitative estimate of drug-likeness (QED) is 0.696. The van der Waals surface area contributed by atoms with Crippen LogP contribution in [0.2, 0.25) is 0 Å². The zero-order valence-corrected chi connectivity index (χ0v) is 16.2. The molecule has 0 spiro atoms. The average molecular weight is 358 g/mol. The summed E-state index contributed by atoms with van der Waals surface area (Å²) in [5, 5.41) is 1.04. The summed E-state index contributed by atoms with van der Waals surface area (Å²) in [7, 11) is 2.08. The summed E-state index contributed by atoms with van der Waals surface area (Å²) < 4.78 is 7.55. The molecule has 2 aliphatic rings. The van der Waals surface area contributed by atoms with E-state index in [1.807, 2.05) is 6.92 Å². The number of hydrogen-bond donors (Lipinski definition) is 0. The predicted octanol–water partition coefficient (Wildman–Crippen LogP) is 5.12. The molecule has 2 fully saturated rings. The third-order valence-corrected chi connectivity index (χ3v) is 6.83. The number of aromatic nitrogens is 1. The molecule has 3 nitrogen and oxygen atoms in total. The van der Waals surface area contributed by atoms with Crippen LogP contribution in [0, 0.1) is 11.8 Å². The van der Waals surface area contributed by atoms with E-state index in [1.165, 1.54) is 36.8 Å². The van der Waals surface area contributed by atoms with Gasteiger partial charge in [-0.3, -0.25) is 0 Å². The number of aryl methyl sites for hydroxylation is 1. The van der Waals surface area contributed by atoms with Gasteiger partial charge in [-0.1, -0.05) is 18.6 Å². The van der Waals surface area contributed by atoms with Crippen LogP contribution in [0.3, 0.4) is 0 Å². The van der Waals surface area contributed by atoms with Crippen LogP contribution in [0.1, 0.15) is 60.1 Å². The molecule has 0 saturated heterocycles. The fraction of sp³-hybridized carbons (Fsp3) is 0.571. The molecular formula is C21H27NO2S. The second kappa shape index (κ2) is 6.71. The van der Waals surface area contributed by atoms with Crippen molar-refractivity contribution >= 4 is 28.6 Å². The molecule has 25 heavy (non-hydrogen) atoms. The topological polar surface area (TPSA) is 31.2 Å². The van der Waals surface area contributed by atoms with Crippen molar-refractivity contribution < 1.29 is 9.53 Å². The van der Waals surface area contributed by atoms with Gasteiger partial charge in [0.05, 0.1) is 12.2 Å². The van der Waals surface area contributed by atoms with Crippen LogP contribution in [0.5, 0.6) is 0 Å². The SMILES string of the molecule is CCOC(=O)c1c(CSC)n(C)c2cc(C3CC4CCC3C4)ccc12. The van der Waals surface area contributed by atoms with Crippen LogP contribution in [-0.2, 0) is 17.5 Å². The number of esters is 1. The van der Waals surface area contributed by atoms with Crippen LogP contribution in [0.25, 0.3) is 10.9 Å². The normalized spacial score (nSPS) is 25.0. The van der Waals surface area contributed by atoms with Crippen molar-refractivity contribution in [2.24, 2.45) is 18.9 Å². The molecule has 2 aromatic rings. The maximum absolute atomic E-state index is 12.6. The Morgan fingerprint density at radius 3 is 2.80 bits per heavy atom. The van der Waals surface area contributed by atoms with Crippen LogP contribution in [0.4, 0.5) is 0 Å². The lowest BCUT2D eigenvalue weighted by Gasteiger charge is -2.22. The molecule has 3 unspecified atom stereocenters. The molecule has 2 aliphatic carbocycles. The van der Waals surface area contributed by atoms with Crippen LogP contribution < -0.4 is 0 Å². The monoisotopic (exact) mass is 357 g/mol. The Morgan fingerprint density at radius 2 is 2.16 bits per heavy atom. The van der Waals surface area contributed by atoms with E-state index in [4.69, 9.17) is 4.74 Å². The summed E-state index contributed by atoms with van der Waals surface area (Å²) in [4.78, 5) is 12.6. The first-order chi connectivity index (χ1) is 12.1. The van der Waals surface area contributed by atoms with E-state index in [-0.39, 0.29) is 5.97 Å². The second-order valence-corrected chi connectivity index (χ2v) is 8.46. The smallest absolute Gasteiger partial charge is 0.340 e. The largest absolute Gasteiger partial charge is 0.462 e. The number of ether oxygens (including phenoxy) is 1. The second-order valence-electron chi connectivity index (χ2n) is 7.59.